The maximum absolute atomic E-state index is 12.5. The molecule has 1 fully saturated rings. The monoisotopic (exact) mass is 395 g/mol. The van der Waals surface area contributed by atoms with Crippen LogP contribution in [-0.2, 0) is 0 Å². The van der Waals surface area contributed by atoms with Crippen molar-refractivity contribution in [2.45, 2.75) is 37.8 Å². The van der Waals surface area contributed by atoms with Crippen LogP contribution in [0.2, 0.25) is 0 Å². The molecular formula is C20H21N5O4. The van der Waals surface area contributed by atoms with E-state index in [1.54, 1.807) is 36.9 Å². The summed E-state index contributed by atoms with van der Waals surface area (Å²) in [6.07, 6.45) is 9.66. The molecule has 3 aromatic rings. The number of methoxy groups -OCH3 is 1. The molecule has 0 unspecified atom stereocenters. The van der Waals surface area contributed by atoms with Crippen LogP contribution < -0.4 is 14.8 Å². The molecule has 9 heteroatoms. The van der Waals surface area contributed by atoms with Gasteiger partial charge in [0.25, 0.3) is 17.7 Å². The highest BCUT2D eigenvalue weighted by molar-refractivity contribution is 5.93. The van der Waals surface area contributed by atoms with Crippen molar-refractivity contribution < 1.29 is 18.8 Å². The quantitative estimate of drug-likeness (QED) is 0.678. The van der Waals surface area contributed by atoms with Crippen molar-refractivity contribution in [3.05, 3.63) is 48.7 Å². The number of carbonyl (C=O) groups excluding carboxylic acids is 1. The SMILES string of the molecule is COc1nccnc1OC1CCC(NC(=O)c2cc(-c3cccnc3)on2)CC1. The summed E-state index contributed by atoms with van der Waals surface area (Å²) in [5.74, 6) is 1.04. The highest BCUT2D eigenvalue weighted by atomic mass is 16.5. The molecule has 4 rings (SSSR count). The van der Waals surface area contributed by atoms with Crippen molar-refractivity contribution in [1.82, 2.24) is 25.4 Å². The Bertz CT molecular complexity index is 954. The lowest BCUT2D eigenvalue weighted by molar-refractivity contribution is 0.0878. The van der Waals surface area contributed by atoms with Gasteiger partial charge in [-0.25, -0.2) is 9.97 Å². The largest absolute Gasteiger partial charge is 0.477 e. The van der Waals surface area contributed by atoms with Crippen molar-refractivity contribution in [1.29, 1.82) is 0 Å². The molecule has 0 aliphatic heterocycles. The second-order valence-electron chi connectivity index (χ2n) is 6.75. The van der Waals surface area contributed by atoms with Gasteiger partial charge in [-0.3, -0.25) is 9.78 Å². The summed E-state index contributed by atoms with van der Waals surface area (Å²) >= 11 is 0. The first-order valence-electron chi connectivity index (χ1n) is 9.42. The normalized spacial score (nSPS) is 18.8. The summed E-state index contributed by atoms with van der Waals surface area (Å²) in [7, 11) is 1.53. The van der Waals surface area contributed by atoms with Gasteiger partial charge in [0.1, 0.15) is 6.10 Å². The number of hydrogen-bond donors (Lipinski definition) is 1. The smallest absolute Gasteiger partial charge is 0.278 e. The van der Waals surface area contributed by atoms with E-state index in [0.717, 1.165) is 31.2 Å². The number of aromatic nitrogens is 4. The Morgan fingerprint density at radius 2 is 1.93 bits per heavy atom. The average molecular weight is 395 g/mol. The molecule has 0 radical (unpaired) electrons. The lowest BCUT2D eigenvalue weighted by Gasteiger charge is -2.29. The van der Waals surface area contributed by atoms with Gasteiger partial charge in [-0.15, -0.1) is 0 Å². The molecule has 1 aliphatic carbocycles. The Hall–Kier alpha value is -3.49. The third-order valence-electron chi connectivity index (χ3n) is 4.80. The zero-order valence-corrected chi connectivity index (χ0v) is 15.9. The molecule has 3 aromatic heterocycles. The minimum absolute atomic E-state index is 0.0120. The topological polar surface area (TPSA) is 112 Å². The van der Waals surface area contributed by atoms with E-state index in [9.17, 15) is 4.79 Å². The lowest BCUT2D eigenvalue weighted by Crippen LogP contribution is -2.39. The van der Waals surface area contributed by atoms with E-state index in [4.69, 9.17) is 14.0 Å². The molecule has 0 atom stereocenters. The molecule has 1 amide bonds. The summed E-state index contributed by atoms with van der Waals surface area (Å²) in [4.78, 5) is 24.8. The maximum Gasteiger partial charge on any atom is 0.278 e. The standard InChI is InChI=1S/C20H21N5O4/c1-27-19-20(23-10-9-22-19)28-15-6-4-14(5-7-15)24-18(26)16-11-17(29-25-16)13-3-2-8-21-12-13/h2-3,8-12,14-15H,4-7H2,1H3,(H,24,26). The second-order valence-corrected chi connectivity index (χ2v) is 6.75. The Labute approximate surface area is 167 Å². The second kappa shape index (κ2) is 8.68. The molecule has 0 aromatic carbocycles. The fourth-order valence-electron chi connectivity index (χ4n) is 3.30. The van der Waals surface area contributed by atoms with Gasteiger partial charge in [0, 0.05) is 42.5 Å². The first kappa shape index (κ1) is 18.9. The summed E-state index contributed by atoms with van der Waals surface area (Å²) in [5, 5.41) is 6.90. The zero-order chi connectivity index (χ0) is 20.1. The molecule has 9 nitrogen and oxygen atoms in total. The minimum Gasteiger partial charge on any atom is -0.477 e. The Morgan fingerprint density at radius 3 is 2.66 bits per heavy atom. The van der Waals surface area contributed by atoms with Gasteiger partial charge in [-0.05, 0) is 37.8 Å². The third-order valence-corrected chi connectivity index (χ3v) is 4.80. The van der Waals surface area contributed by atoms with Crippen LogP contribution in [0.3, 0.4) is 0 Å². The Kier molecular flexibility index (Phi) is 5.64. The number of ether oxygens (including phenoxy) is 2. The molecule has 1 aliphatic rings. The fourth-order valence-corrected chi connectivity index (χ4v) is 3.30. The number of rotatable bonds is 6. The van der Waals surface area contributed by atoms with Crippen LogP contribution in [0.4, 0.5) is 0 Å². The van der Waals surface area contributed by atoms with Gasteiger partial charge >= 0.3 is 0 Å². The first-order chi connectivity index (χ1) is 14.2. The van der Waals surface area contributed by atoms with Crippen LogP contribution in [0.5, 0.6) is 11.8 Å². The van der Waals surface area contributed by atoms with E-state index in [0.29, 0.717) is 17.5 Å². The predicted octanol–water partition coefficient (Wildman–Crippen LogP) is 2.66. The van der Waals surface area contributed by atoms with Crippen molar-refractivity contribution in [3.8, 4) is 23.1 Å². The summed E-state index contributed by atoms with van der Waals surface area (Å²) < 4.78 is 16.4. The van der Waals surface area contributed by atoms with Crippen LogP contribution in [0.15, 0.2) is 47.5 Å². The summed E-state index contributed by atoms with van der Waals surface area (Å²) in [5.41, 5.74) is 1.03. The van der Waals surface area contributed by atoms with Gasteiger partial charge in [0.15, 0.2) is 11.5 Å². The van der Waals surface area contributed by atoms with Gasteiger partial charge in [0.05, 0.1) is 7.11 Å². The molecule has 150 valence electrons. The van der Waals surface area contributed by atoms with Crippen molar-refractivity contribution >= 4 is 5.91 Å². The van der Waals surface area contributed by atoms with E-state index < -0.39 is 0 Å². The van der Waals surface area contributed by atoms with E-state index in [-0.39, 0.29) is 23.7 Å². The highest BCUT2D eigenvalue weighted by Gasteiger charge is 2.26. The van der Waals surface area contributed by atoms with E-state index in [1.165, 1.54) is 7.11 Å². The first-order valence-corrected chi connectivity index (χ1v) is 9.42. The zero-order valence-electron chi connectivity index (χ0n) is 15.9. The van der Waals surface area contributed by atoms with Crippen molar-refractivity contribution in [2.75, 3.05) is 7.11 Å². The summed E-state index contributed by atoms with van der Waals surface area (Å²) in [6, 6.07) is 5.34. The molecule has 3 heterocycles. The van der Waals surface area contributed by atoms with E-state index >= 15 is 0 Å². The third kappa shape index (κ3) is 4.50. The van der Waals surface area contributed by atoms with Crippen molar-refractivity contribution in [2.24, 2.45) is 0 Å². The van der Waals surface area contributed by atoms with Crippen LogP contribution in [0.25, 0.3) is 11.3 Å². The Morgan fingerprint density at radius 1 is 1.14 bits per heavy atom. The minimum atomic E-state index is -0.246. The molecule has 1 saturated carbocycles. The highest BCUT2D eigenvalue weighted by Crippen LogP contribution is 2.27. The average Bonchev–Trinajstić information content (AvgIpc) is 3.27. The van der Waals surface area contributed by atoms with E-state index in [2.05, 4.69) is 25.4 Å². The Balaban J connectivity index is 1.29. The van der Waals surface area contributed by atoms with Gasteiger partial charge in [-0.2, -0.15) is 0 Å². The summed E-state index contributed by atoms with van der Waals surface area (Å²) in [6.45, 7) is 0. The lowest BCUT2D eigenvalue weighted by atomic mass is 9.93. The van der Waals surface area contributed by atoms with Crippen molar-refractivity contribution in [3.63, 3.8) is 0 Å². The number of nitrogens with zero attached hydrogens (tertiary/aromatic N) is 4. The van der Waals surface area contributed by atoms with Gasteiger partial charge in [0.2, 0.25) is 0 Å². The van der Waals surface area contributed by atoms with Gasteiger partial charge < -0.3 is 19.3 Å². The number of carbonyl (C=O) groups is 1. The van der Waals surface area contributed by atoms with Crippen LogP contribution in [-0.4, -0.2) is 45.3 Å². The number of pyridine rings is 1. The van der Waals surface area contributed by atoms with Gasteiger partial charge in [-0.1, -0.05) is 5.16 Å². The molecule has 29 heavy (non-hydrogen) atoms. The molecular weight excluding hydrogens is 374 g/mol. The predicted molar refractivity (Wildman–Crippen MR) is 102 cm³/mol. The fraction of sp³-hybridized carbons (Fsp3) is 0.350. The molecule has 0 spiro atoms. The van der Waals surface area contributed by atoms with Crippen LogP contribution >= 0.6 is 0 Å². The molecule has 0 bridgehead atoms. The van der Waals surface area contributed by atoms with Crippen LogP contribution in [0.1, 0.15) is 36.2 Å². The molecule has 1 N–H and O–H groups in total. The van der Waals surface area contributed by atoms with E-state index in [1.807, 2.05) is 6.07 Å². The number of hydrogen-bond acceptors (Lipinski definition) is 8. The van der Waals surface area contributed by atoms with Crippen LogP contribution in [0, 0.1) is 0 Å². The number of amides is 1. The number of nitrogens with one attached hydrogen (secondary N) is 1. The molecule has 0 saturated heterocycles. The maximum atomic E-state index is 12.5.